The Kier molecular flexibility index (Phi) is 8.94. The van der Waals surface area contributed by atoms with E-state index in [2.05, 4.69) is 0 Å². The number of benzene rings is 1. The summed E-state index contributed by atoms with van der Waals surface area (Å²) in [6.45, 7) is 9.53. The topological polar surface area (TPSA) is 136 Å². The van der Waals surface area contributed by atoms with Crippen LogP contribution in [0.5, 0.6) is 0 Å². The summed E-state index contributed by atoms with van der Waals surface area (Å²) < 4.78 is 17.1. The number of carbonyl (C=O) groups excluding carboxylic acids is 4. The van der Waals surface area contributed by atoms with Crippen molar-refractivity contribution in [1.82, 2.24) is 0 Å². The number of esters is 3. The predicted molar refractivity (Wildman–Crippen MR) is 153 cm³/mol. The van der Waals surface area contributed by atoms with Crippen molar-refractivity contribution in [2.45, 2.75) is 91.3 Å². The van der Waals surface area contributed by atoms with E-state index in [0.717, 1.165) is 5.56 Å². The second-order valence-corrected chi connectivity index (χ2v) is 12.4. The van der Waals surface area contributed by atoms with Gasteiger partial charge in [0.2, 0.25) is 0 Å². The Labute approximate surface area is 246 Å². The maximum atomic E-state index is 14.4. The quantitative estimate of drug-likeness (QED) is 0.230. The molecule has 0 aliphatic heterocycles. The summed E-state index contributed by atoms with van der Waals surface area (Å²) in [5.74, 6) is -2.91. The minimum Gasteiger partial charge on any atom is -0.458 e. The molecule has 42 heavy (non-hydrogen) atoms. The molecule has 1 aromatic carbocycles. The first kappa shape index (κ1) is 31.4. The lowest BCUT2D eigenvalue weighted by molar-refractivity contribution is -0.163. The van der Waals surface area contributed by atoms with Crippen LogP contribution in [0.15, 0.2) is 59.2 Å². The van der Waals surface area contributed by atoms with Gasteiger partial charge < -0.3 is 24.4 Å². The van der Waals surface area contributed by atoms with Gasteiger partial charge in [-0.05, 0) is 60.5 Å². The Morgan fingerprint density at radius 2 is 1.57 bits per heavy atom. The molecule has 1 aromatic rings. The molecular weight excluding hydrogens is 540 g/mol. The van der Waals surface area contributed by atoms with Crippen molar-refractivity contribution in [1.29, 1.82) is 0 Å². The molecule has 9 heteroatoms. The zero-order chi connectivity index (χ0) is 31.0. The van der Waals surface area contributed by atoms with E-state index in [1.165, 1.54) is 19.9 Å². The van der Waals surface area contributed by atoms with Crippen molar-refractivity contribution in [2.75, 3.05) is 0 Å². The van der Waals surface area contributed by atoms with Crippen LogP contribution < -0.4 is 0 Å². The van der Waals surface area contributed by atoms with E-state index >= 15 is 0 Å². The van der Waals surface area contributed by atoms with Crippen molar-refractivity contribution < 1.29 is 43.6 Å². The maximum Gasteiger partial charge on any atom is 0.331 e. The van der Waals surface area contributed by atoms with Gasteiger partial charge in [0.05, 0.1) is 17.6 Å². The molecule has 3 aliphatic rings. The van der Waals surface area contributed by atoms with Crippen LogP contribution in [0.25, 0.3) is 6.08 Å². The third-order valence-corrected chi connectivity index (χ3v) is 9.08. The van der Waals surface area contributed by atoms with Gasteiger partial charge in [0.25, 0.3) is 0 Å². The normalized spacial score (nSPS) is 33.8. The number of fused-ring (bicyclic) bond motifs is 4. The van der Waals surface area contributed by atoms with Gasteiger partial charge in [0.1, 0.15) is 12.2 Å². The first-order chi connectivity index (χ1) is 19.6. The Balaban J connectivity index is 1.80. The Hall–Kier alpha value is -3.56. The van der Waals surface area contributed by atoms with E-state index in [4.69, 9.17) is 14.2 Å². The summed E-state index contributed by atoms with van der Waals surface area (Å²) in [7, 11) is 0. The number of Topliss-reactive ketones (excluding diaryl/α,β-unsaturated/α-hetero) is 1. The molecular formula is C33H40O9. The molecule has 0 unspecified atom stereocenters. The highest BCUT2D eigenvalue weighted by Crippen LogP contribution is 2.53. The number of hydrogen-bond donors (Lipinski definition) is 2. The van der Waals surface area contributed by atoms with Crippen molar-refractivity contribution in [3.8, 4) is 0 Å². The maximum absolute atomic E-state index is 14.4. The molecule has 0 spiro atoms. The average molecular weight is 581 g/mol. The zero-order valence-electron chi connectivity index (χ0n) is 25.0. The fourth-order valence-corrected chi connectivity index (χ4v) is 6.79. The number of hydrogen-bond acceptors (Lipinski definition) is 9. The van der Waals surface area contributed by atoms with E-state index in [1.807, 2.05) is 44.2 Å². The molecule has 0 heterocycles. The molecule has 0 aromatic heterocycles. The highest BCUT2D eigenvalue weighted by molar-refractivity contribution is 5.94. The second kappa shape index (κ2) is 12.0. The Morgan fingerprint density at radius 3 is 2.19 bits per heavy atom. The third-order valence-electron chi connectivity index (χ3n) is 9.08. The lowest BCUT2D eigenvalue weighted by Crippen LogP contribution is -2.56. The summed E-state index contributed by atoms with van der Waals surface area (Å²) in [5.41, 5.74) is 0.00952. The van der Waals surface area contributed by atoms with Crippen molar-refractivity contribution in [3.63, 3.8) is 0 Å². The van der Waals surface area contributed by atoms with Crippen LogP contribution in [0.2, 0.25) is 0 Å². The average Bonchev–Trinajstić information content (AvgIpc) is 2.90. The molecule has 2 N–H and O–H groups in total. The summed E-state index contributed by atoms with van der Waals surface area (Å²) >= 11 is 0. The lowest BCUT2D eigenvalue weighted by atomic mass is 9.57. The molecule has 3 aliphatic carbocycles. The molecule has 9 nitrogen and oxygen atoms in total. The Morgan fingerprint density at radius 1 is 0.929 bits per heavy atom. The summed E-state index contributed by atoms with van der Waals surface area (Å²) in [6.07, 6.45) is -0.703. The monoisotopic (exact) mass is 580 g/mol. The SMILES string of the molecule is CC(=O)O[C@H]1C(=O)[C@@]2(C)C/C(=C\[C@H](O)[C@@H]3C[C@H](OC(C)=O)C(C)=C1C3(C)C)[C@@H](OC(=O)/C=C/c1ccccc1)C[C@@H]2O. The van der Waals surface area contributed by atoms with Gasteiger partial charge in [0, 0.05) is 32.3 Å². The zero-order valence-corrected chi connectivity index (χ0v) is 25.0. The van der Waals surface area contributed by atoms with Gasteiger partial charge in [-0.25, -0.2) is 4.79 Å². The van der Waals surface area contributed by atoms with Crippen molar-refractivity contribution in [3.05, 3.63) is 64.8 Å². The number of ether oxygens (including phenoxy) is 3. The smallest absolute Gasteiger partial charge is 0.331 e. The van der Waals surface area contributed by atoms with Crippen LogP contribution in [0.1, 0.15) is 66.4 Å². The van der Waals surface area contributed by atoms with Crippen LogP contribution in [0.4, 0.5) is 0 Å². The fourth-order valence-electron chi connectivity index (χ4n) is 6.79. The minimum atomic E-state index is -1.43. The van der Waals surface area contributed by atoms with Crippen molar-refractivity contribution in [2.24, 2.45) is 16.7 Å². The number of carbonyl (C=O) groups is 4. The largest absolute Gasteiger partial charge is 0.458 e. The van der Waals surface area contributed by atoms with Crippen LogP contribution in [-0.2, 0) is 33.4 Å². The van der Waals surface area contributed by atoms with Gasteiger partial charge in [-0.15, -0.1) is 0 Å². The molecule has 0 amide bonds. The van der Waals surface area contributed by atoms with Gasteiger partial charge in [0.15, 0.2) is 11.9 Å². The van der Waals surface area contributed by atoms with E-state index in [-0.39, 0.29) is 19.3 Å². The van der Waals surface area contributed by atoms with E-state index < -0.39 is 71.0 Å². The number of ketones is 1. The predicted octanol–water partition coefficient (Wildman–Crippen LogP) is 3.87. The number of rotatable bonds is 5. The van der Waals surface area contributed by atoms with Gasteiger partial charge in [-0.2, -0.15) is 0 Å². The molecule has 7 atom stereocenters. The molecule has 4 rings (SSSR count). The highest BCUT2D eigenvalue weighted by Gasteiger charge is 2.57. The highest BCUT2D eigenvalue weighted by atomic mass is 16.6. The Bertz CT molecular complexity index is 1340. The standard InChI is InChI=1S/C33H40O9/c1-18-25(40-19(2)34)15-23-24(36)14-22-17-33(6,31(39)30(41-20(3)35)29(18)32(23,4)5)27(37)16-26(22)42-28(38)13-12-21-10-8-7-9-11-21/h7-14,23-27,30,36-37H,15-17H2,1-6H3/b13-12+,22-14+/t23-,24-,25-,26-,27-,30+,33-/m0/s1. The third kappa shape index (κ3) is 6.13. The van der Waals surface area contributed by atoms with Crippen molar-refractivity contribution >= 4 is 29.8 Å². The molecule has 0 saturated heterocycles. The summed E-state index contributed by atoms with van der Waals surface area (Å²) in [6, 6.07) is 9.23. The van der Waals surface area contributed by atoms with E-state index in [0.29, 0.717) is 16.7 Å². The van der Waals surface area contributed by atoms with Crippen LogP contribution in [0, 0.1) is 16.7 Å². The minimum absolute atomic E-state index is 0.0188. The molecule has 1 saturated carbocycles. The fraction of sp³-hybridized carbons (Fsp3) is 0.515. The lowest BCUT2D eigenvalue weighted by Gasteiger charge is -2.51. The molecule has 1 fully saturated rings. The van der Waals surface area contributed by atoms with E-state index in [1.54, 1.807) is 26.0 Å². The van der Waals surface area contributed by atoms with E-state index in [9.17, 15) is 29.4 Å². The molecule has 4 bridgehead atoms. The number of aliphatic hydroxyl groups excluding tert-OH is 2. The van der Waals surface area contributed by atoms with Gasteiger partial charge in [-0.1, -0.05) is 50.3 Å². The first-order valence-corrected chi connectivity index (χ1v) is 14.3. The summed E-state index contributed by atoms with van der Waals surface area (Å²) in [5, 5.41) is 23.1. The van der Waals surface area contributed by atoms with Crippen LogP contribution >= 0.6 is 0 Å². The summed E-state index contributed by atoms with van der Waals surface area (Å²) in [4.78, 5) is 51.6. The molecule has 0 radical (unpaired) electrons. The van der Waals surface area contributed by atoms with Gasteiger partial charge >= 0.3 is 17.9 Å². The van der Waals surface area contributed by atoms with Crippen LogP contribution in [0.3, 0.4) is 0 Å². The van der Waals surface area contributed by atoms with Gasteiger partial charge in [-0.3, -0.25) is 14.4 Å². The molecule has 226 valence electrons. The second-order valence-electron chi connectivity index (χ2n) is 12.4. The first-order valence-electron chi connectivity index (χ1n) is 14.3. The number of aliphatic hydroxyl groups is 2. The van der Waals surface area contributed by atoms with Crippen LogP contribution in [-0.4, -0.2) is 64.4 Å².